The second-order valence-corrected chi connectivity index (χ2v) is 7.29. The fraction of sp³-hybridized carbons (Fsp3) is 0.500. The highest BCUT2D eigenvalue weighted by atomic mass is 16.5. The molecule has 1 aliphatic heterocycles. The maximum atomic E-state index is 12.8. The van der Waals surface area contributed by atoms with Gasteiger partial charge in [0.05, 0.1) is 6.61 Å². The number of aryl methyl sites for hydroxylation is 1. The van der Waals surface area contributed by atoms with Crippen LogP contribution in [-0.2, 0) is 17.7 Å². The number of urea groups is 1. The van der Waals surface area contributed by atoms with Crippen LogP contribution in [0.5, 0.6) is 0 Å². The molecule has 0 saturated carbocycles. The van der Waals surface area contributed by atoms with E-state index in [1.165, 1.54) is 18.5 Å². The molecule has 3 rings (SSSR count). The van der Waals surface area contributed by atoms with Gasteiger partial charge in [0, 0.05) is 45.9 Å². The van der Waals surface area contributed by atoms with Crippen LogP contribution in [0.25, 0.3) is 0 Å². The minimum absolute atomic E-state index is 0.146. The molecular weight excluding hydrogens is 354 g/mol. The van der Waals surface area contributed by atoms with Gasteiger partial charge in [-0.1, -0.05) is 25.1 Å². The van der Waals surface area contributed by atoms with Gasteiger partial charge in [-0.15, -0.1) is 0 Å². The number of furan rings is 1. The topological polar surface area (TPSA) is 58.0 Å². The zero-order valence-electron chi connectivity index (χ0n) is 17.1. The van der Waals surface area contributed by atoms with Crippen LogP contribution in [0.15, 0.2) is 40.8 Å². The maximum absolute atomic E-state index is 12.8. The molecule has 28 heavy (non-hydrogen) atoms. The highest BCUT2D eigenvalue weighted by molar-refractivity contribution is 5.74. The smallest absolute Gasteiger partial charge is 0.318 e. The lowest BCUT2D eigenvalue weighted by Gasteiger charge is -2.26. The van der Waals surface area contributed by atoms with Crippen molar-refractivity contribution in [2.75, 3.05) is 38.8 Å². The van der Waals surface area contributed by atoms with Gasteiger partial charge in [0.25, 0.3) is 0 Å². The Morgan fingerprint density at radius 2 is 2.00 bits per heavy atom. The number of methoxy groups -OCH3 is 1. The molecule has 0 radical (unpaired) electrons. The molecule has 1 atom stereocenters. The Hall–Kier alpha value is -2.47. The van der Waals surface area contributed by atoms with Gasteiger partial charge < -0.3 is 24.3 Å². The first-order chi connectivity index (χ1) is 13.6. The Labute approximate surface area is 167 Å². The monoisotopic (exact) mass is 385 g/mol. The molecule has 6 nitrogen and oxygen atoms in total. The largest absolute Gasteiger partial charge is 0.464 e. The molecule has 1 saturated heterocycles. The van der Waals surface area contributed by atoms with Crippen molar-refractivity contribution >= 4 is 11.7 Å². The quantitative estimate of drug-likeness (QED) is 0.747. The number of carbonyl (C=O) groups excluding carboxylic acids is 1. The number of nitrogens with one attached hydrogen (secondary N) is 1. The first-order valence-corrected chi connectivity index (χ1v) is 10.0. The van der Waals surface area contributed by atoms with Crippen LogP contribution in [0.1, 0.15) is 42.9 Å². The molecule has 152 valence electrons. The second-order valence-electron chi connectivity index (χ2n) is 7.29. The number of nitrogens with zero attached hydrogens (tertiary/aromatic N) is 2. The lowest BCUT2D eigenvalue weighted by atomic mass is 10.1. The lowest BCUT2D eigenvalue weighted by molar-refractivity contribution is 0.148. The summed E-state index contributed by atoms with van der Waals surface area (Å²) < 4.78 is 11.1. The Morgan fingerprint density at radius 3 is 2.68 bits per heavy atom. The van der Waals surface area contributed by atoms with Gasteiger partial charge in [0.2, 0.25) is 0 Å². The van der Waals surface area contributed by atoms with E-state index in [4.69, 9.17) is 9.15 Å². The van der Waals surface area contributed by atoms with E-state index >= 15 is 0 Å². The normalized spacial score (nSPS) is 14.9. The van der Waals surface area contributed by atoms with Gasteiger partial charge in [-0.05, 0) is 36.6 Å². The van der Waals surface area contributed by atoms with Crippen LogP contribution in [-0.4, -0.2) is 44.8 Å². The molecule has 0 spiro atoms. The number of carbonyl (C=O) groups is 1. The van der Waals surface area contributed by atoms with E-state index in [0.29, 0.717) is 13.2 Å². The van der Waals surface area contributed by atoms with Crippen LogP contribution in [0.2, 0.25) is 0 Å². The number of anilines is 1. The van der Waals surface area contributed by atoms with E-state index in [1.54, 1.807) is 12.0 Å². The summed E-state index contributed by atoms with van der Waals surface area (Å²) in [5.41, 5.74) is 2.39. The molecule has 2 amide bonds. The van der Waals surface area contributed by atoms with Crippen molar-refractivity contribution in [2.45, 2.75) is 38.8 Å². The van der Waals surface area contributed by atoms with Crippen LogP contribution in [0.4, 0.5) is 10.5 Å². The number of benzene rings is 1. The molecule has 0 aliphatic carbocycles. The number of para-hydroxylation sites is 1. The van der Waals surface area contributed by atoms with Gasteiger partial charge in [-0.25, -0.2) is 4.79 Å². The first kappa shape index (κ1) is 20.3. The third kappa shape index (κ3) is 4.87. The predicted molar refractivity (Wildman–Crippen MR) is 111 cm³/mol. The summed E-state index contributed by atoms with van der Waals surface area (Å²) >= 11 is 0. The van der Waals surface area contributed by atoms with Crippen LogP contribution < -0.4 is 10.2 Å². The van der Waals surface area contributed by atoms with Crippen molar-refractivity contribution in [3.63, 3.8) is 0 Å². The fourth-order valence-electron chi connectivity index (χ4n) is 3.63. The summed E-state index contributed by atoms with van der Waals surface area (Å²) in [5.74, 6) is 1.62. The summed E-state index contributed by atoms with van der Waals surface area (Å²) in [6.45, 7) is 5.12. The molecule has 1 aliphatic rings. The van der Waals surface area contributed by atoms with E-state index in [-0.39, 0.29) is 12.1 Å². The molecule has 2 aromatic rings. The summed E-state index contributed by atoms with van der Waals surface area (Å²) in [6.07, 6.45) is 3.28. The second kappa shape index (κ2) is 9.64. The standard InChI is InChI=1S/C22H31N3O3/c1-4-18-11-12-21(28-18)19(16-27-3)23-22(26)24(2)15-17-9-5-6-10-20(17)25-13-7-8-14-25/h5-6,9-12,19H,4,7-8,13-16H2,1-3H3,(H,23,26). The zero-order valence-corrected chi connectivity index (χ0v) is 17.1. The average molecular weight is 386 g/mol. The third-order valence-electron chi connectivity index (χ3n) is 5.20. The number of rotatable bonds is 8. The summed E-state index contributed by atoms with van der Waals surface area (Å²) in [4.78, 5) is 16.9. The van der Waals surface area contributed by atoms with Crippen molar-refractivity contribution in [1.29, 1.82) is 0 Å². The molecule has 0 bridgehead atoms. The summed E-state index contributed by atoms with van der Waals surface area (Å²) in [6, 6.07) is 11.7. The van der Waals surface area contributed by atoms with E-state index in [1.807, 2.05) is 32.2 Å². The predicted octanol–water partition coefficient (Wildman–Crippen LogP) is 3.97. The molecular formula is C22H31N3O3. The SMILES string of the molecule is CCc1ccc(C(COC)NC(=O)N(C)Cc2ccccc2N2CCCC2)o1. The highest BCUT2D eigenvalue weighted by Gasteiger charge is 2.22. The van der Waals surface area contributed by atoms with Gasteiger partial charge in [0.1, 0.15) is 17.6 Å². The number of hydrogen-bond acceptors (Lipinski definition) is 4. The third-order valence-corrected chi connectivity index (χ3v) is 5.20. The van der Waals surface area contributed by atoms with Gasteiger partial charge >= 0.3 is 6.03 Å². The van der Waals surface area contributed by atoms with E-state index in [0.717, 1.165) is 36.6 Å². The van der Waals surface area contributed by atoms with Crippen molar-refractivity contribution in [3.05, 3.63) is 53.5 Å². The fourth-order valence-corrected chi connectivity index (χ4v) is 3.63. The minimum Gasteiger partial charge on any atom is -0.464 e. The van der Waals surface area contributed by atoms with Crippen molar-refractivity contribution in [1.82, 2.24) is 10.2 Å². The molecule has 1 unspecified atom stereocenters. The van der Waals surface area contributed by atoms with Gasteiger partial charge in [0.15, 0.2) is 0 Å². The van der Waals surface area contributed by atoms with Gasteiger partial charge in [-0.2, -0.15) is 0 Å². The number of hydrogen-bond donors (Lipinski definition) is 1. The van der Waals surface area contributed by atoms with Crippen LogP contribution in [0, 0.1) is 0 Å². The first-order valence-electron chi connectivity index (χ1n) is 10.0. The molecule has 1 aromatic carbocycles. The molecule has 1 N–H and O–H groups in total. The number of ether oxygens (including phenoxy) is 1. The lowest BCUT2D eigenvalue weighted by Crippen LogP contribution is -2.40. The molecule has 1 aromatic heterocycles. The Balaban J connectivity index is 1.66. The van der Waals surface area contributed by atoms with E-state index in [2.05, 4.69) is 28.4 Å². The highest BCUT2D eigenvalue weighted by Crippen LogP contribution is 2.25. The average Bonchev–Trinajstić information content (AvgIpc) is 3.40. The van der Waals surface area contributed by atoms with Crippen LogP contribution >= 0.6 is 0 Å². The summed E-state index contributed by atoms with van der Waals surface area (Å²) in [7, 11) is 3.44. The molecule has 2 heterocycles. The van der Waals surface area contributed by atoms with Crippen molar-refractivity contribution in [2.24, 2.45) is 0 Å². The van der Waals surface area contributed by atoms with Crippen molar-refractivity contribution < 1.29 is 13.9 Å². The van der Waals surface area contributed by atoms with E-state index in [9.17, 15) is 4.79 Å². The van der Waals surface area contributed by atoms with E-state index < -0.39 is 0 Å². The van der Waals surface area contributed by atoms with Crippen LogP contribution in [0.3, 0.4) is 0 Å². The Bertz CT molecular complexity index is 768. The minimum atomic E-state index is -0.311. The van der Waals surface area contributed by atoms with Gasteiger partial charge in [-0.3, -0.25) is 0 Å². The Morgan fingerprint density at radius 1 is 1.25 bits per heavy atom. The number of amides is 2. The van der Waals surface area contributed by atoms with Crippen molar-refractivity contribution in [3.8, 4) is 0 Å². The zero-order chi connectivity index (χ0) is 19.9. The maximum Gasteiger partial charge on any atom is 0.318 e. The molecule has 6 heteroatoms. The Kier molecular flexibility index (Phi) is 6.98. The molecule has 1 fully saturated rings. The summed E-state index contributed by atoms with van der Waals surface area (Å²) in [5, 5.41) is 3.04.